The fourth-order valence-corrected chi connectivity index (χ4v) is 2.82. The molecule has 0 saturated heterocycles. The lowest BCUT2D eigenvalue weighted by atomic mass is 10.1. The number of nitrogens with one attached hydrogen (secondary N) is 1. The second-order valence-electron chi connectivity index (χ2n) is 6.19. The smallest absolute Gasteiger partial charge is 0.260 e. The first-order valence-corrected chi connectivity index (χ1v) is 8.72. The summed E-state index contributed by atoms with van der Waals surface area (Å²) in [5.41, 5.74) is 2.40. The summed E-state index contributed by atoms with van der Waals surface area (Å²) >= 11 is 0. The number of halogens is 1. The molecule has 0 aliphatic heterocycles. The number of anilines is 1. The first kappa shape index (κ1) is 17.6. The average Bonchev–Trinajstić information content (AvgIpc) is 3.17. The fourth-order valence-electron chi connectivity index (χ4n) is 2.82. The van der Waals surface area contributed by atoms with Crippen molar-refractivity contribution in [3.05, 3.63) is 102 Å². The molecule has 1 heterocycles. The Kier molecular flexibility index (Phi) is 4.93. The van der Waals surface area contributed by atoms with Crippen LogP contribution < -0.4 is 5.32 Å². The van der Waals surface area contributed by atoms with Crippen LogP contribution in [0, 0.1) is 5.82 Å². The monoisotopic (exact) mass is 373 g/mol. The number of amides is 1. The summed E-state index contributed by atoms with van der Waals surface area (Å²) in [7, 11) is 0. The highest BCUT2D eigenvalue weighted by atomic mass is 19.1. The molecule has 4 aromatic rings. The van der Waals surface area contributed by atoms with Crippen molar-refractivity contribution in [1.82, 2.24) is 10.1 Å². The van der Waals surface area contributed by atoms with Gasteiger partial charge in [-0.25, -0.2) is 4.39 Å². The summed E-state index contributed by atoms with van der Waals surface area (Å²) in [5.74, 6) is -0.0344. The summed E-state index contributed by atoms with van der Waals surface area (Å²) in [6.07, 6.45) is 0.544. The van der Waals surface area contributed by atoms with Gasteiger partial charge < -0.3 is 9.84 Å². The normalized spacial score (nSPS) is 10.6. The predicted octanol–water partition coefficient (Wildman–Crippen LogP) is 4.72. The number of nitrogens with zero attached hydrogens (tertiary/aromatic N) is 2. The van der Waals surface area contributed by atoms with Crippen LogP contribution in [-0.2, 0) is 6.42 Å². The molecular weight excluding hydrogens is 357 g/mol. The summed E-state index contributed by atoms with van der Waals surface area (Å²) in [6.45, 7) is 0. The number of aromatic nitrogens is 2. The Bertz CT molecular complexity index is 1110. The maximum atomic E-state index is 13.4. The van der Waals surface area contributed by atoms with Crippen molar-refractivity contribution in [3.63, 3.8) is 0 Å². The van der Waals surface area contributed by atoms with Crippen LogP contribution in [0.3, 0.4) is 0 Å². The van der Waals surface area contributed by atoms with Crippen molar-refractivity contribution < 1.29 is 13.7 Å². The van der Waals surface area contributed by atoms with E-state index in [-0.39, 0.29) is 5.56 Å². The molecule has 0 aliphatic rings. The van der Waals surface area contributed by atoms with Gasteiger partial charge in [-0.3, -0.25) is 4.79 Å². The van der Waals surface area contributed by atoms with Crippen molar-refractivity contribution in [2.75, 3.05) is 5.32 Å². The highest BCUT2D eigenvalue weighted by Crippen LogP contribution is 2.27. The first-order valence-electron chi connectivity index (χ1n) is 8.72. The third-order valence-electron chi connectivity index (χ3n) is 4.17. The Morgan fingerprint density at radius 2 is 1.75 bits per heavy atom. The van der Waals surface area contributed by atoms with Gasteiger partial charge in [-0.15, -0.1) is 0 Å². The third-order valence-corrected chi connectivity index (χ3v) is 4.17. The van der Waals surface area contributed by atoms with Crippen molar-refractivity contribution in [2.24, 2.45) is 0 Å². The van der Waals surface area contributed by atoms with Crippen LogP contribution in [0.15, 0.2) is 83.4 Å². The molecule has 6 heteroatoms. The van der Waals surface area contributed by atoms with E-state index in [9.17, 15) is 9.18 Å². The van der Waals surface area contributed by atoms with E-state index in [0.717, 1.165) is 5.56 Å². The summed E-state index contributed by atoms with van der Waals surface area (Å²) < 4.78 is 18.8. The molecule has 28 heavy (non-hydrogen) atoms. The minimum atomic E-state index is -0.469. The van der Waals surface area contributed by atoms with Crippen LogP contribution in [0.5, 0.6) is 0 Å². The predicted molar refractivity (Wildman–Crippen MR) is 103 cm³/mol. The fraction of sp³-hybridized carbons (Fsp3) is 0.0455. The van der Waals surface area contributed by atoms with Gasteiger partial charge in [0.2, 0.25) is 0 Å². The number of rotatable bonds is 5. The Labute approximate surface area is 160 Å². The Morgan fingerprint density at radius 1 is 0.964 bits per heavy atom. The maximum absolute atomic E-state index is 13.4. The lowest BCUT2D eigenvalue weighted by molar-refractivity contribution is 0.102. The van der Waals surface area contributed by atoms with Gasteiger partial charge >= 0.3 is 0 Å². The molecule has 1 aromatic heterocycles. The van der Waals surface area contributed by atoms with Gasteiger partial charge in [-0.05, 0) is 35.9 Å². The van der Waals surface area contributed by atoms with Crippen molar-refractivity contribution in [1.29, 1.82) is 0 Å². The molecule has 5 nitrogen and oxygen atoms in total. The zero-order valence-electron chi connectivity index (χ0n) is 14.8. The van der Waals surface area contributed by atoms with Gasteiger partial charge in [0, 0.05) is 12.0 Å². The lowest BCUT2D eigenvalue weighted by Crippen LogP contribution is -2.12. The van der Waals surface area contributed by atoms with Crippen molar-refractivity contribution in [2.45, 2.75) is 6.42 Å². The minimum Gasteiger partial charge on any atom is -0.334 e. The number of carbonyl (C=O) groups excluding carboxylic acids is 1. The highest BCUT2D eigenvalue weighted by molar-refractivity contribution is 6.05. The largest absolute Gasteiger partial charge is 0.334 e. The van der Waals surface area contributed by atoms with Crippen LogP contribution in [0.25, 0.3) is 11.5 Å². The zero-order chi connectivity index (χ0) is 19.3. The van der Waals surface area contributed by atoms with E-state index >= 15 is 0 Å². The number of carbonyl (C=O) groups is 1. The van der Waals surface area contributed by atoms with E-state index in [0.29, 0.717) is 29.4 Å². The molecular formula is C22H16FN3O2. The van der Waals surface area contributed by atoms with Gasteiger partial charge in [-0.2, -0.15) is 4.98 Å². The van der Waals surface area contributed by atoms with Gasteiger partial charge in [0.05, 0.1) is 11.3 Å². The molecule has 0 aliphatic carbocycles. The van der Waals surface area contributed by atoms with Crippen LogP contribution >= 0.6 is 0 Å². The summed E-state index contributed by atoms with van der Waals surface area (Å²) in [4.78, 5) is 16.9. The molecule has 138 valence electrons. The van der Waals surface area contributed by atoms with Crippen LogP contribution in [0.4, 0.5) is 10.1 Å². The Hall–Kier alpha value is -3.80. The molecule has 0 atom stereocenters. The van der Waals surface area contributed by atoms with Crippen LogP contribution in [-0.4, -0.2) is 16.0 Å². The van der Waals surface area contributed by atoms with Gasteiger partial charge in [0.15, 0.2) is 5.82 Å². The number of benzene rings is 3. The molecule has 0 saturated carbocycles. The quantitative estimate of drug-likeness (QED) is 0.550. The number of para-hydroxylation sites is 1. The van der Waals surface area contributed by atoms with E-state index in [2.05, 4.69) is 15.5 Å². The summed E-state index contributed by atoms with van der Waals surface area (Å²) in [5, 5.41) is 6.81. The molecule has 0 bridgehead atoms. The molecule has 0 spiro atoms. The molecule has 1 N–H and O–H groups in total. The van der Waals surface area contributed by atoms with E-state index < -0.39 is 11.7 Å². The SMILES string of the molecule is O=C(Nc1ccccc1-c1nc(Cc2ccccc2)no1)c1cccc(F)c1. The second-order valence-corrected chi connectivity index (χ2v) is 6.19. The maximum Gasteiger partial charge on any atom is 0.260 e. The van der Waals surface area contributed by atoms with Crippen LogP contribution in [0.1, 0.15) is 21.7 Å². The lowest BCUT2D eigenvalue weighted by Gasteiger charge is -2.08. The Morgan fingerprint density at radius 3 is 2.57 bits per heavy atom. The highest BCUT2D eigenvalue weighted by Gasteiger charge is 2.15. The number of hydrogen-bond acceptors (Lipinski definition) is 4. The van der Waals surface area contributed by atoms with E-state index in [1.807, 2.05) is 36.4 Å². The van der Waals surface area contributed by atoms with E-state index in [1.165, 1.54) is 18.2 Å². The Balaban J connectivity index is 1.57. The van der Waals surface area contributed by atoms with E-state index in [4.69, 9.17) is 4.52 Å². The molecule has 1 amide bonds. The topological polar surface area (TPSA) is 68.0 Å². The molecule has 0 radical (unpaired) electrons. The molecule has 4 rings (SSSR count). The number of hydrogen-bond donors (Lipinski definition) is 1. The van der Waals surface area contributed by atoms with Gasteiger partial charge in [-0.1, -0.05) is 53.7 Å². The van der Waals surface area contributed by atoms with Crippen LogP contribution in [0.2, 0.25) is 0 Å². The standard InChI is InChI=1S/C22H16FN3O2/c23-17-10-6-9-16(14-17)21(27)24-19-12-5-4-11-18(19)22-25-20(26-28-22)13-15-7-2-1-3-8-15/h1-12,14H,13H2,(H,24,27). The third kappa shape index (κ3) is 3.96. The van der Waals surface area contributed by atoms with Crippen molar-refractivity contribution in [3.8, 4) is 11.5 Å². The second kappa shape index (κ2) is 7.84. The average molecular weight is 373 g/mol. The first-order chi connectivity index (χ1) is 13.7. The van der Waals surface area contributed by atoms with Crippen molar-refractivity contribution >= 4 is 11.6 Å². The van der Waals surface area contributed by atoms with Gasteiger partial charge in [0.1, 0.15) is 5.82 Å². The molecule has 0 fully saturated rings. The van der Waals surface area contributed by atoms with E-state index in [1.54, 1.807) is 24.3 Å². The van der Waals surface area contributed by atoms with Gasteiger partial charge in [0.25, 0.3) is 11.8 Å². The molecule has 0 unspecified atom stereocenters. The zero-order valence-corrected chi connectivity index (χ0v) is 14.8. The summed E-state index contributed by atoms with van der Waals surface area (Å²) in [6, 6.07) is 22.4. The molecule has 3 aromatic carbocycles. The minimum absolute atomic E-state index is 0.227.